The Balaban J connectivity index is 0.000000240. The highest BCUT2D eigenvalue weighted by molar-refractivity contribution is 6.17. The van der Waals surface area contributed by atoms with Crippen LogP contribution in [0.1, 0.15) is 36.1 Å². The van der Waals surface area contributed by atoms with E-state index in [4.69, 9.17) is 16.7 Å². The van der Waals surface area contributed by atoms with Gasteiger partial charge in [0, 0.05) is 30.9 Å². The second kappa shape index (κ2) is 8.49. The van der Waals surface area contributed by atoms with Crippen LogP contribution < -0.4 is 0 Å². The van der Waals surface area contributed by atoms with Gasteiger partial charge >= 0.3 is 0 Å². The van der Waals surface area contributed by atoms with Crippen molar-refractivity contribution in [3.05, 3.63) is 70.8 Å². The molecule has 0 spiro atoms. The van der Waals surface area contributed by atoms with Gasteiger partial charge in [-0.15, -0.1) is 11.6 Å². The van der Waals surface area contributed by atoms with Crippen molar-refractivity contribution in [2.45, 2.75) is 38.2 Å². The fourth-order valence-electron chi connectivity index (χ4n) is 1.79. The molecule has 2 aromatic rings. The molecule has 0 unspecified atom stereocenters. The van der Waals surface area contributed by atoms with Crippen molar-refractivity contribution in [1.82, 2.24) is 0 Å². The Morgan fingerprint density at radius 3 is 1.33 bits per heavy atom. The zero-order valence-electron chi connectivity index (χ0n) is 13.4. The molecule has 24 heavy (non-hydrogen) atoms. The van der Waals surface area contributed by atoms with Gasteiger partial charge in [-0.1, -0.05) is 48.5 Å². The molecule has 0 saturated carbocycles. The van der Waals surface area contributed by atoms with Gasteiger partial charge in [-0.05, 0) is 11.1 Å². The van der Waals surface area contributed by atoms with Crippen LogP contribution in [0.2, 0.25) is 0 Å². The van der Waals surface area contributed by atoms with E-state index in [9.17, 15) is 17.6 Å². The van der Waals surface area contributed by atoms with Crippen LogP contribution in [0.25, 0.3) is 0 Å². The quantitative estimate of drug-likeness (QED) is 0.536. The molecule has 132 valence electrons. The number of aliphatic hydroxyl groups is 1. The van der Waals surface area contributed by atoms with Crippen LogP contribution in [0.15, 0.2) is 48.5 Å². The van der Waals surface area contributed by atoms with Gasteiger partial charge in [0.15, 0.2) is 0 Å². The fraction of sp³-hybridized carbons (Fsp3) is 0.333. The first-order chi connectivity index (χ1) is 11.1. The van der Waals surface area contributed by atoms with Crippen LogP contribution in [0.4, 0.5) is 17.6 Å². The fourth-order valence-corrected chi connectivity index (χ4v) is 1.97. The molecule has 0 amide bonds. The number of benzene rings is 2. The van der Waals surface area contributed by atoms with Crippen LogP contribution in [-0.4, -0.2) is 5.11 Å². The van der Waals surface area contributed by atoms with Crippen molar-refractivity contribution in [2.24, 2.45) is 0 Å². The molecule has 0 fully saturated rings. The Hall–Kier alpha value is -1.59. The Bertz CT molecular complexity index is 556. The molecule has 0 aliphatic heterocycles. The van der Waals surface area contributed by atoms with E-state index in [1.165, 1.54) is 36.4 Å². The normalized spacial score (nSPS) is 11.7. The summed E-state index contributed by atoms with van der Waals surface area (Å²) in [5.41, 5.74) is 1.49. The molecule has 0 saturated heterocycles. The molecular formula is C18H19ClF4O. The van der Waals surface area contributed by atoms with Crippen molar-refractivity contribution in [1.29, 1.82) is 0 Å². The molecule has 0 bridgehead atoms. The molecule has 0 radical (unpaired) electrons. The highest BCUT2D eigenvalue weighted by Crippen LogP contribution is 2.27. The minimum absolute atomic E-state index is 0.0244. The Kier molecular flexibility index (Phi) is 7.24. The molecule has 0 aliphatic carbocycles. The van der Waals surface area contributed by atoms with E-state index >= 15 is 0 Å². The third-order valence-corrected chi connectivity index (χ3v) is 3.57. The maximum Gasteiger partial charge on any atom is 0.270 e. The smallest absolute Gasteiger partial charge is 0.270 e. The summed E-state index contributed by atoms with van der Waals surface area (Å²) in [4.78, 5) is 0. The van der Waals surface area contributed by atoms with Crippen molar-refractivity contribution >= 4 is 11.6 Å². The van der Waals surface area contributed by atoms with Crippen molar-refractivity contribution < 1.29 is 22.7 Å². The summed E-state index contributed by atoms with van der Waals surface area (Å²) in [6.45, 7) is 1.61. The average Bonchev–Trinajstić information content (AvgIpc) is 2.54. The van der Waals surface area contributed by atoms with Gasteiger partial charge in [-0.25, -0.2) is 17.6 Å². The van der Waals surface area contributed by atoms with E-state index in [1.807, 2.05) is 0 Å². The average molecular weight is 363 g/mol. The predicted molar refractivity (Wildman–Crippen MR) is 87.5 cm³/mol. The van der Waals surface area contributed by atoms with Gasteiger partial charge < -0.3 is 5.11 Å². The van der Waals surface area contributed by atoms with Gasteiger partial charge in [0.05, 0.1) is 6.61 Å². The van der Waals surface area contributed by atoms with Crippen LogP contribution in [0.3, 0.4) is 0 Å². The summed E-state index contributed by atoms with van der Waals surface area (Å²) >= 11 is 5.51. The first-order valence-electron chi connectivity index (χ1n) is 7.19. The van der Waals surface area contributed by atoms with Gasteiger partial charge in [0.25, 0.3) is 11.8 Å². The van der Waals surface area contributed by atoms with E-state index in [0.717, 1.165) is 19.4 Å². The van der Waals surface area contributed by atoms with E-state index in [-0.39, 0.29) is 17.7 Å². The van der Waals surface area contributed by atoms with Crippen LogP contribution in [0.5, 0.6) is 0 Å². The summed E-state index contributed by atoms with van der Waals surface area (Å²) in [6.07, 6.45) is 0. The monoisotopic (exact) mass is 362 g/mol. The number of hydrogen-bond acceptors (Lipinski definition) is 1. The lowest BCUT2D eigenvalue weighted by molar-refractivity contribution is 0.0167. The highest BCUT2D eigenvalue weighted by Gasteiger charge is 2.24. The Morgan fingerprint density at radius 2 is 1.08 bits per heavy atom. The minimum Gasteiger partial charge on any atom is -0.392 e. The molecule has 2 rings (SSSR count). The molecule has 6 heteroatoms. The van der Waals surface area contributed by atoms with Gasteiger partial charge in [-0.3, -0.25) is 0 Å². The predicted octanol–water partition coefficient (Wildman–Crippen LogP) is 5.83. The van der Waals surface area contributed by atoms with Gasteiger partial charge in [-0.2, -0.15) is 0 Å². The summed E-state index contributed by atoms with van der Waals surface area (Å²) < 4.78 is 50.6. The third kappa shape index (κ3) is 6.49. The number of halogens is 5. The third-order valence-electron chi connectivity index (χ3n) is 3.26. The van der Waals surface area contributed by atoms with E-state index in [0.29, 0.717) is 11.4 Å². The SMILES string of the molecule is CC(F)(F)c1ccc(CCl)cc1.CC(F)(F)c1ccc(CO)cc1. The number of alkyl halides is 5. The number of rotatable bonds is 4. The maximum atomic E-state index is 12.7. The standard InChI is InChI=1S/C9H9ClF2.C9H10F2O/c1-9(11,12)8-4-2-7(6-10)3-5-8;1-9(10,11)8-4-2-7(6-12)3-5-8/h2-5H,6H2,1H3;2-5,12H,6H2,1H3. The number of hydrogen-bond donors (Lipinski definition) is 1. The summed E-state index contributed by atoms with van der Waals surface area (Å²) in [7, 11) is 0. The molecule has 0 aliphatic rings. The minimum atomic E-state index is -2.80. The Labute approximate surface area is 143 Å². The second-order valence-corrected chi connectivity index (χ2v) is 5.73. The van der Waals surface area contributed by atoms with E-state index in [1.54, 1.807) is 12.1 Å². The van der Waals surface area contributed by atoms with Gasteiger partial charge in [0.1, 0.15) is 0 Å². The van der Waals surface area contributed by atoms with E-state index in [2.05, 4.69) is 0 Å². The zero-order chi connectivity index (χ0) is 18.4. The summed E-state index contributed by atoms with van der Waals surface area (Å²) in [6, 6.07) is 11.7. The van der Waals surface area contributed by atoms with E-state index < -0.39 is 11.8 Å². The van der Waals surface area contributed by atoms with Crippen LogP contribution in [0, 0.1) is 0 Å². The topological polar surface area (TPSA) is 20.2 Å². The molecule has 1 N–H and O–H groups in total. The lowest BCUT2D eigenvalue weighted by atomic mass is 10.1. The zero-order valence-corrected chi connectivity index (χ0v) is 14.1. The first kappa shape index (κ1) is 20.5. The van der Waals surface area contributed by atoms with Crippen molar-refractivity contribution in [3.8, 4) is 0 Å². The molecular weight excluding hydrogens is 344 g/mol. The lowest BCUT2D eigenvalue weighted by Crippen LogP contribution is -2.06. The molecule has 2 aromatic carbocycles. The van der Waals surface area contributed by atoms with Crippen LogP contribution in [-0.2, 0) is 24.3 Å². The summed E-state index contributed by atoms with van der Waals surface area (Å²) in [5.74, 6) is -5.20. The van der Waals surface area contributed by atoms with Crippen molar-refractivity contribution in [2.75, 3.05) is 0 Å². The molecule has 1 nitrogen and oxygen atoms in total. The summed E-state index contributed by atoms with van der Waals surface area (Å²) in [5, 5.41) is 8.64. The molecule has 0 atom stereocenters. The largest absolute Gasteiger partial charge is 0.392 e. The highest BCUT2D eigenvalue weighted by atomic mass is 35.5. The lowest BCUT2D eigenvalue weighted by Gasteiger charge is -2.10. The van der Waals surface area contributed by atoms with Crippen LogP contribution >= 0.6 is 11.6 Å². The van der Waals surface area contributed by atoms with Gasteiger partial charge in [0.2, 0.25) is 0 Å². The van der Waals surface area contributed by atoms with Crippen molar-refractivity contribution in [3.63, 3.8) is 0 Å². The molecule has 0 heterocycles. The Morgan fingerprint density at radius 1 is 0.750 bits per heavy atom. The number of aliphatic hydroxyl groups excluding tert-OH is 1. The molecule has 0 aromatic heterocycles. The first-order valence-corrected chi connectivity index (χ1v) is 7.72. The second-order valence-electron chi connectivity index (χ2n) is 5.46. The maximum absolute atomic E-state index is 12.7.